The molecule has 13 heavy (non-hydrogen) atoms. The van der Waals surface area contributed by atoms with Crippen LogP contribution >= 0.6 is 21.6 Å². The van der Waals surface area contributed by atoms with Crippen LogP contribution in [0.2, 0.25) is 0 Å². The van der Waals surface area contributed by atoms with Gasteiger partial charge in [0.05, 0.1) is 0 Å². The van der Waals surface area contributed by atoms with Gasteiger partial charge in [0.15, 0.2) is 0 Å². The molecule has 1 aliphatic heterocycles. The fourth-order valence-electron chi connectivity index (χ4n) is 1.40. The van der Waals surface area contributed by atoms with Gasteiger partial charge in [-0.3, -0.25) is 0 Å². The SMILES string of the molecule is C1=C=C=CCC2(CC=C=1)CSSC2. The molecule has 0 nitrogen and oxygen atoms in total. The van der Waals surface area contributed by atoms with E-state index < -0.39 is 0 Å². The van der Waals surface area contributed by atoms with Crippen molar-refractivity contribution >= 4 is 21.6 Å². The van der Waals surface area contributed by atoms with Crippen LogP contribution in [-0.4, -0.2) is 11.5 Å². The molecular formula is C11H10S2. The first-order valence-corrected chi connectivity index (χ1v) is 6.79. The first kappa shape index (κ1) is 9.13. The molecule has 2 heteroatoms. The number of hydrogen-bond acceptors (Lipinski definition) is 2. The minimum absolute atomic E-state index is 0.447. The fourth-order valence-corrected chi connectivity index (χ4v) is 4.87. The Labute approximate surface area is 86.6 Å². The molecule has 1 aliphatic carbocycles. The van der Waals surface area contributed by atoms with E-state index in [1.807, 2.05) is 21.6 Å². The van der Waals surface area contributed by atoms with E-state index in [2.05, 4.69) is 35.1 Å². The predicted molar refractivity (Wildman–Crippen MR) is 59.8 cm³/mol. The van der Waals surface area contributed by atoms with Gasteiger partial charge < -0.3 is 0 Å². The third-order valence-corrected chi connectivity index (χ3v) is 5.13. The highest BCUT2D eigenvalue weighted by Crippen LogP contribution is 2.47. The highest BCUT2D eigenvalue weighted by molar-refractivity contribution is 8.77. The summed E-state index contributed by atoms with van der Waals surface area (Å²) in [5, 5.41) is 0. The molecule has 0 aromatic heterocycles. The van der Waals surface area contributed by atoms with Crippen molar-refractivity contribution in [2.45, 2.75) is 12.8 Å². The lowest BCUT2D eigenvalue weighted by Crippen LogP contribution is -2.21. The molecule has 0 amide bonds. The summed E-state index contributed by atoms with van der Waals surface area (Å²) < 4.78 is 0. The van der Waals surface area contributed by atoms with Crippen LogP contribution in [0.3, 0.4) is 0 Å². The van der Waals surface area contributed by atoms with Crippen molar-refractivity contribution < 1.29 is 0 Å². The third kappa shape index (κ3) is 2.27. The largest absolute Gasteiger partial charge is 0.0935 e. The van der Waals surface area contributed by atoms with Gasteiger partial charge in [-0.15, -0.1) is 0 Å². The van der Waals surface area contributed by atoms with Crippen LogP contribution in [0.5, 0.6) is 0 Å². The highest BCUT2D eigenvalue weighted by Gasteiger charge is 2.32. The molecule has 0 aromatic carbocycles. The average molecular weight is 206 g/mol. The molecule has 1 fully saturated rings. The van der Waals surface area contributed by atoms with E-state index in [9.17, 15) is 0 Å². The van der Waals surface area contributed by atoms with Gasteiger partial charge >= 0.3 is 0 Å². The summed E-state index contributed by atoms with van der Waals surface area (Å²) in [6.45, 7) is 0. The molecule has 0 saturated carbocycles. The van der Waals surface area contributed by atoms with E-state index in [0.717, 1.165) is 12.8 Å². The number of rotatable bonds is 0. The van der Waals surface area contributed by atoms with Crippen molar-refractivity contribution in [3.05, 3.63) is 35.1 Å². The Hall–Kier alpha value is -0.440. The van der Waals surface area contributed by atoms with E-state index in [-0.39, 0.29) is 0 Å². The molecule has 0 atom stereocenters. The quantitative estimate of drug-likeness (QED) is 0.440. The second-order valence-electron chi connectivity index (χ2n) is 3.38. The van der Waals surface area contributed by atoms with Gasteiger partial charge in [0, 0.05) is 11.5 Å². The van der Waals surface area contributed by atoms with Gasteiger partial charge in [0.2, 0.25) is 0 Å². The Morgan fingerprint density at radius 3 is 2.00 bits per heavy atom. The molecule has 0 radical (unpaired) electrons. The molecular weight excluding hydrogens is 196 g/mol. The minimum Gasteiger partial charge on any atom is -0.0935 e. The Kier molecular flexibility index (Phi) is 2.94. The molecule has 1 heterocycles. The molecule has 66 valence electrons. The summed E-state index contributed by atoms with van der Waals surface area (Å²) in [6, 6.07) is 0. The minimum atomic E-state index is 0.447. The van der Waals surface area contributed by atoms with Crippen molar-refractivity contribution in [2.24, 2.45) is 5.41 Å². The Morgan fingerprint density at radius 1 is 0.923 bits per heavy atom. The van der Waals surface area contributed by atoms with Crippen LogP contribution in [0.25, 0.3) is 0 Å². The van der Waals surface area contributed by atoms with Crippen LogP contribution in [-0.2, 0) is 0 Å². The van der Waals surface area contributed by atoms with Crippen molar-refractivity contribution in [1.82, 2.24) is 0 Å². The van der Waals surface area contributed by atoms with Gasteiger partial charge in [0.25, 0.3) is 0 Å². The first-order chi connectivity index (χ1) is 6.41. The molecule has 0 unspecified atom stereocenters. The van der Waals surface area contributed by atoms with E-state index in [1.165, 1.54) is 11.5 Å². The Balaban J connectivity index is 2.28. The zero-order valence-electron chi connectivity index (χ0n) is 7.30. The van der Waals surface area contributed by atoms with Crippen LogP contribution in [0.15, 0.2) is 35.1 Å². The summed E-state index contributed by atoms with van der Waals surface area (Å²) in [5.41, 5.74) is 12.1. The fraction of sp³-hybridized carbons (Fsp3) is 0.455. The second-order valence-corrected chi connectivity index (χ2v) is 5.84. The number of hydrogen-bond donors (Lipinski definition) is 0. The van der Waals surface area contributed by atoms with E-state index in [1.54, 1.807) is 0 Å². The van der Waals surface area contributed by atoms with Crippen molar-refractivity contribution in [2.75, 3.05) is 11.5 Å². The lowest BCUT2D eigenvalue weighted by atomic mass is 9.85. The van der Waals surface area contributed by atoms with Crippen molar-refractivity contribution in [1.29, 1.82) is 0 Å². The summed E-state index contributed by atoms with van der Waals surface area (Å²) >= 11 is 0. The van der Waals surface area contributed by atoms with Gasteiger partial charge in [0.1, 0.15) is 0 Å². The Bertz CT molecular complexity index is 320. The molecule has 0 N–H and O–H groups in total. The van der Waals surface area contributed by atoms with Gasteiger partial charge in [-0.2, -0.15) is 0 Å². The summed E-state index contributed by atoms with van der Waals surface area (Å²) in [4.78, 5) is 0. The third-order valence-electron chi connectivity index (χ3n) is 2.29. The monoisotopic (exact) mass is 206 g/mol. The van der Waals surface area contributed by atoms with Crippen LogP contribution in [0.1, 0.15) is 12.8 Å². The predicted octanol–water partition coefficient (Wildman–Crippen LogP) is 3.34. The van der Waals surface area contributed by atoms with E-state index >= 15 is 0 Å². The first-order valence-electron chi connectivity index (χ1n) is 4.30. The molecule has 0 bridgehead atoms. The topological polar surface area (TPSA) is 0 Å². The van der Waals surface area contributed by atoms with Crippen molar-refractivity contribution in [3.63, 3.8) is 0 Å². The van der Waals surface area contributed by atoms with Gasteiger partial charge in [-0.05, 0) is 41.9 Å². The number of allylic oxidation sites excluding steroid dienone is 2. The molecule has 1 saturated heterocycles. The highest BCUT2D eigenvalue weighted by atomic mass is 33.1. The van der Waals surface area contributed by atoms with Crippen molar-refractivity contribution in [3.8, 4) is 0 Å². The lowest BCUT2D eigenvalue weighted by molar-refractivity contribution is 0.402. The normalized spacial score (nSPS) is 23.4. The molecule has 0 aromatic rings. The molecule has 2 aliphatic rings. The summed E-state index contributed by atoms with van der Waals surface area (Å²) in [6.07, 6.45) is 6.39. The molecule has 1 spiro atoms. The maximum Gasteiger partial charge on any atom is 0.0108 e. The average Bonchev–Trinajstić information content (AvgIpc) is 2.62. The maximum absolute atomic E-state index is 2.99. The summed E-state index contributed by atoms with van der Waals surface area (Å²) in [7, 11) is 3.97. The van der Waals surface area contributed by atoms with E-state index in [0.29, 0.717) is 5.41 Å². The maximum atomic E-state index is 2.99. The van der Waals surface area contributed by atoms with E-state index in [4.69, 9.17) is 0 Å². The zero-order chi connectivity index (χ0) is 8.99. The molecule has 2 rings (SSSR count). The van der Waals surface area contributed by atoms with Crippen LogP contribution in [0.4, 0.5) is 0 Å². The van der Waals surface area contributed by atoms with Gasteiger partial charge in [-0.25, -0.2) is 0 Å². The smallest absolute Gasteiger partial charge is 0.0108 e. The Morgan fingerprint density at radius 2 is 1.46 bits per heavy atom. The zero-order valence-corrected chi connectivity index (χ0v) is 8.93. The standard InChI is InChI=1S/C11H10S2/c1-2-4-6-8-11(7-5-3-1)9-12-13-10-11/h5-6H,7-10H2. The van der Waals surface area contributed by atoms with Crippen LogP contribution in [0, 0.1) is 5.41 Å². The van der Waals surface area contributed by atoms with Gasteiger partial charge in [-0.1, -0.05) is 33.1 Å². The lowest BCUT2D eigenvalue weighted by Gasteiger charge is -2.23. The second kappa shape index (κ2) is 4.18. The summed E-state index contributed by atoms with van der Waals surface area (Å²) in [5.74, 6) is 2.49. The van der Waals surface area contributed by atoms with Crippen LogP contribution < -0.4 is 0 Å².